The largest absolute Gasteiger partial charge is 0.481 e. The summed E-state index contributed by atoms with van der Waals surface area (Å²) in [4.78, 5) is 18.2. The molecular formula is C20H23FN2O4. The summed E-state index contributed by atoms with van der Waals surface area (Å²) >= 11 is 0. The van der Waals surface area contributed by atoms with Crippen LogP contribution in [0.25, 0.3) is 0 Å². The molecule has 2 heterocycles. The number of carbonyl (C=O) groups is 1. The highest BCUT2D eigenvalue weighted by Crippen LogP contribution is 2.35. The Balaban J connectivity index is 1.83. The molecule has 2 atom stereocenters. The number of pyridine rings is 1. The fourth-order valence-electron chi connectivity index (χ4n) is 3.69. The SMILES string of the molecule is COc1cc(CN2CC[C@@H](O)[C@](Cc3cccc(F)c3)(C(=O)O)C2)ccn1. The van der Waals surface area contributed by atoms with Crippen molar-refractivity contribution < 1.29 is 24.1 Å². The summed E-state index contributed by atoms with van der Waals surface area (Å²) in [5.74, 6) is -0.996. The molecule has 1 aromatic heterocycles. The molecule has 7 heteroatoms. The lowest BCUT2D eigenvalue weighted by molar-refractivity contribution is -0.163. The molecule has 0 aliphatic carbocycles. The number of piperidine rings is 1. The van der Waals surface area contributed by atoms with Crippen LogP contribution in [0.4, 0.5) is 4.39 Å². The number of ether oxygens (including phenoxy) is 1. The lowest BCUT2D eigenvalue weighted by Crippen LogP contribution is -2.56. The fraction of sp³-hybridized carbons (Fsp3) is 0.400. The van der Waals surface area contributed by atoms with Crippen LogP contribution >= 0.6 is 0 Å². The van der Waals surface area contributed by atoms with Crippen LogP contribution in [-0.2, 0) is 17.8 Å². The second-order valence-corrected chi connectivity index (χ2v) is 6.99. The molecule has 6 nitrogen and oxygen atoms in total. The Hall–Kier alpha value is -2.51. The van der Waals surface area contributed by atoms with Crippen LogP contribution in [0.3, 0.4) is 0 Å². The predicted octanol–water partition coefficient (Wildman–Crippen LogP) is 2.11. The summed E-state index contributed by atoms with van der Waals surface area (Å²) in [7, 11) is 1.54. The third-order valence-electron chi connectivity index (χ3n) is 5.11. The van der Waals surface area contributed by atoms with Crippen molar-refractivity contribution in [2.75, 3.05) is 20.2 Å². The highest BCUT2D eigenvalue weighted by atomic mass is 19.1. The van der Waals surface area contributed by atoms with Crippen molar-refractivity contribution in [3.63, 3.8) is 0 Å². The number of benzene rings is 1. The van der Waals surface area contributed by atoms with Crippen LogP contribution in [0.1, 0.15) is 17.5 Å². The molecular weight excluding hydrogens is 351 g/mol. The summed E-state index contributed by atoms with van der Waals surface area (Å²) in [5, 5.41) is 20.5. The molecule has 1 saturated heterocycles. The number of aromatic nitrogens is 1. The lowest BCUT2D eigenvalue weighted by atomic mass is 9.72. The molecule has 2 N–H and O–H groups in total. The highest BCUT2D eigenvalue weighted by Gasteiger charge is 2.49. The molecule has 2 aromatic rings. The third-order valence-corrected chi connectivity index (χ3v) is 5.11. The number of aliphatic hydroxyl groups is 1. The van der Waals surface area contributed by atoms with E-state index in [-0.39, 0.29) is 13.0 Å². The first kappa shape index (κ1) is 19.3. The van der Waals surface area contributed by atoms with E-state index in [0.29, 0.717) is 31.0 Å². The van der Waals surface area contributed by atoms with Crippen molar-refractivity contribution >= 4 is 5.97 Å². The average Bonchev–Trinajstić information content (AvgIpc) is 2.64. The van der Waals surface area contributed by atoms with E-state index in [1.54, 1.807) is 24.4 Å². The van der Waals surface area contributed by atoms with Gasteiger partial charge in [-0.3, -0.25) is 9.69 Å². The Bertz CT molecular complexity index is 816. The molecule has 0 bridgehead atoms. The van der Waals surface area contributed by atoms with Gasteiger partial charge in [0, 0.05) is 31.9 Å². The summed E-state index contributed by atoms with van der Waals surface area (Å²) in [5.41, 5.74) is 0.121. The van der Waals surface area contributed by atoms with E-state index in [9.17, 15) is 19.4 Å². The highest BCUT2D eigenvalue weighted by molar-refractivity contribution is 5.76. The van der Waals surface area contributed by atoms with Crippen LogP contribution in [0.5, 0.6) is 5.88 Å². The smallest absolute Gasteiger partial charge is 0.313 e. The number of carboxylic acid groups (broad SMARTS) is 1. The minimum absolute atomic E-state index is 0.0669. The third kappa shape index (κ3) is 4.26. The molecule has 0 unspecified atom stereocenters. The maximum Gasteiger partial charge on any atom is 0.313 e. The van der Waals surface area contributed by atoms with Gasteiger partial charge in [0.2, 0.25) is 5.88 Å². The quantitative estimate of drug-likeness (QED) is 0.806. The number of halogens is 1. The number of nitrogens with zero attached hydrogens (tertiary/aromatic N) is 2. The van der Waals surface area contributed by atoms with Crippen molar-refractivity contribution in [3.8, 4) is 5.88 Å². The maximum absolute atomic E-state index is 13.5. The number of rotatable bonds is 6. The Morgan fingerprint density at radius 3 is 2.89 bits per heavy atom. The fourth-order valence-corrected chi connectivity index (χ4v) is 3.69. The van der Waals surface area contributed by atoms with E-state index in [2.05, 4.69) is 4.98 Å². The molecule has 1 fully saturated rings. The lowest BCUT2D eigenvalue weighted by Gasteiger charge is -2.43. The van der Waals surface area contributed by atoms with Crippen molar-refractivity contribution in [3.05, 3.63) is 59.5 Å². The van der Waals surface area contributed by atoms with E-state index in [1.165, 1.54) is 19.2 Å². The average molecular weight is 374 g/mol. The topological polar surface area (TPSA) is 82.9 Å². The van der Waals surface area contributed by atoms with Crippen LogP contribution in [0.15, 0.2) is 42.6 Å². The molecule has 0 amide bonds. The Morgan fingerprint density at radius 1 is 1.37 bits per heavy atom. The normalized spacial score (nSPS) is 23.1. The molecule has 0 spiro atoms. The van der Waals surface area contributed by atoms with Gasteiger partial charge in [0.15, 0.2) is 0 Å². The monoisotopic (exact) mass is 374 g/mol. The molecule has 27 heavy (non-hydrogen) atoms. The van der Waals surface area contributed by atoms with Crippen LogP contribution in [0, 0.1) is 11.2 Å². The van der Waals surface area contributed by atoms with E-state index >= 15 is 0 Å². The number of aliphatic carboxylic acids is 1. The zero-order chi connectivity index (χ0) is 19.4. The van der Waals surface area contributed by atoms with Gasteiger partial charge < -0.3 is 14.9 Å². The van der Waals surface area contributed by atoms with E-state index in [4.69, 9.17) is 4.74 Å². The molecule has 1 aliphatic heterocycles. The molecule has 3 rings (SSSR count). The first-order chi connectivity index (χ1) is 12.9. The molecule has 0 radical (unpaired) electrons. The standard InChI is InChI=1S/C20H23FN2O4/c1-27-18-10-15(5-7-22-18)12-23-8-6-17(24)20(13-23,19(25)26)11-14-3-2-4-16(21)9-14/h2-5,7,9-10,17,24H,6,8,11-13H2,1H3,(H,25,26)/t17-,20-/m1/s1. The van der Waals surface area contributed by atoms with Crippen molar-refractivity contribution in [2.45, 2.75) is 25.5 Å². The van der Waals surface area contributed by atoms with E-state index in [0.717, 1.165) is 5.56 Å². The van der Waals surface area contributed by atoms with Gasteiger partial charge in [-0.1, -0.05) is 12.1 Å². The predicted molar refractivity (Wildman–Crippen MR) is 96.9 cm³/mol. The number of methoxy groups -OCH3 is 1. The maximum atomic E-state index is 13.5. The molecule has 1 aromatic carbocycles. The molecule has 0 saturated carbocycles. The summed E-state index contributed by atoms with van der Waals surface area (Å²) in [6.45, 7) is 1.26. The Morgan fingerprint density at radius 2 is 2.19 bits per heavy atom. The Kier molecular flexibility index (Phi) is 5.72. The Labute approximate surface area is 157 Å². The van der Waals surface area contributed by atoms with Crippen molar-refractivity contribution in [1.82, 2.24) is 9.88 Å². The minimum atomic E-state index is -1.39. The first-order valence-electron chi connectivity index (χ1n) is 8.80. The van der Waals surface area contributed by atoms with Crippen LogP contribution in [0.2, 0.25) is 0 Å². The second-order valence-electron chi connectivity index (χ2n) is 6.99. The van der Waals surface area contributed by atoms with Gasteiger partial charge >= 0.3 is 5.97 Å². The number of carboxylic acids is 1. The van der Waals surface area contributed by atoms with Crippen LogP contribution < -0.4 is 4.74 Å². The summed E-state index contributed by atoms with van der Waals surface area (Å²) in [6.07, 6.45) is 1.05. The van der Waals surface area contributed by atoms with E-state index < -0.39 is 23.3 Å². The summed E-state index contributed by atoms with van der Waals surface area (Å²) < 4.78 is 18.7. The van der Waals surface area contributed by atoms with Gasteiger partial charge in [-0.2, -0.15) is 0 Å². The van der Waals surface area contributed by atoms with Gasteiger partial charge in [-0.25, -0.2) is 9.37 Å². The van der Waals surface area contributed by atoms with Crippen molar-refractivity contribution in [1.29, 1.82) is 0 Å². The number of hydrogen-bond acceptors (Lipinski definition) is 5. The second kappa shape index (κ2) is 8.02. The first-order valence-corrected chi connectivity index (χ1v) is 8.80. The van der Waals surface area contributed by atoms with Crippen molar-refractivity contribution in [2.24, 2.45) is 5.41 Å². The van der Waals surface area contributed by atoms with Gasteiger partial charge in [0.1, 0.15) is 11.2 Å². The number of hydrogen-bond donors (Lipinski definition) is 2. The van der Waals surface area contributed by atoms with E-state index in [1.807, 2.05) is 11.0 Å². The molecule has 144 valence electrons. The zero-order valence-corrected chi connectivity index (χ0v) is 15.1. The zero-order valence-electron chi connectivity index (χ0n) is 15.1. The van der Waals surface area contributed by atoms with Gasteiger partial charge in [0.05, 0.1) is 13.2 Å². The molecule has 1 aliphatic rings. The van der Waals surface area contributed by atoms with Crippen LogP contribution in [-0.4, -0.2) is 52.4 Å². The number of likely N-dealkylation sites (tertiary alicyclic amines) is 1. The minimum Gasteiger partial charge on any atom is -0.481 e. The number of aliphatic hydroxyl groups excluding tert-OH is 1. The van der Waals surface area contributed by atoms with Gasteiger partial charge in [-0.15, -0.1) is 0 Å². The van der Waals surface area contributed by atoms with Gasteiger partial charge in [-0.05, 0) is 42.2 Å². The summed E-state index contributed by atoms with van der Waals surface area (Å²) in [6, 6.07) is 9.54. The van der Waals surface area contributed by atoms with Gasteiger partial charge in [0.25, 0.3) is 0 Å².